The van der Waals surface area contributed by atoms with Gasteiger partial charge in [-0.1, -0.05) is 32.1 Å². The summed E-state index contributed by atoms with van der Waals surface area (Å²) in [6.45, 7) is 9.76. The molecule has 7 rings (SSSR count). The Labute approximate surface area is 490 Å². The van der Waals surface area contributed by atoms with Gasteiger partial charge in [-0.05, 0) is 129 Å². The van der Waals surface area contributed by atoms with Gasteiger partial charge in [0.05, 0.1) is 47.4 Å². The number of benzene rings is 3. The molecule has 0 saturated carbocycles. The molecule has 5 N–H and O–H groups in total. The zero-order chi connectivity index (χ0) is 61.3. The van der Waals surface area contributed by atoms with Crippen molar-refractivity contribution in [3.8, 4) is 5.75 Å². The fourth-order valence-electron chi connectivity index (χ4n) is 10.3. The minimum atomic E-state index is -4.63. The molecule has 0 radical (unpaired) electrons. The van der Waals surface area contributed by atoms with E-state index in [1.165, 1.54) is 48.6 Å². The van der Waals surface area contributed by atoms with Gasteiger partial charge < -0.3 is 29.2 Å². The second kappa shape index (κ2) is 27.4. The minimum Gasteiger partial charge on any atom is -0.457 e. The first-order valence-corrected chi connectivity index (χ1v) is 33.2. The molecule has 3 heterocycles. The van der Waals surface area contributed by atoms with Crippen molar-refractivity contribution in [3.63, 3.8) is 0 Å². The van der Waals surface area contributed by atoms with E-state index in [-0.39, 0.29) is 47.0 Å². The molecule has 1 aliphatic carbocycles. The Morgan fingerprint density at radius 1 is 0.667 bits per heavy atom. The van der Waals surface area contributed by atoms with Crippen molar-refractivity contribution in [2.75, 3.05) is 82.2 Å². The summed E-state index contributed by atoms with van der Waals surface area (Å²) in [5, 5.41) is 2.91. The third-order valence-corrected chi connectivity index (χ3v) is 17.8. The molecule has 3 aromatic rings. The lowest BCUT2D eigenvalue weighted by Gasteiger charge is -2.27. The number of carbonyl (C=O) groups excluding carboxylic acids is 3. The van der Waals surface area contributed by atoms with E-state index in [1.807, 2.05) is 52.0 Å². The number of nitrogens with zero attached hydrogens (tertiary/aromatic N) is 3. The van der Waals surface area contributed by atoms with Crippen LogP contribution in [-0.4, -0.2) is 162 Å². The number of anilines is 1. The molecule has 0 spiro atoms. The van der Waals surface area contributed by atoms with Crippen molar-refractivity contribution in [2.45, 2.75) is 93.3 Å². The first-order valence-electron chi connectivity index (χ1n) is 27.1. The highest BCUT2D eigenvalue weighted by Gasteiger charge is 2.46. The van der Waals surface area contributed by atoms with Crippen LogP contribution in [0.2, 0.25) is 0 Å². The Bertz CT molecular complexity index is 3640. The van der Waals surface area contributed by atoms with Gasteiger partial charge in [0.1, 0.15) is 17.3 Å². The Kier molecular flexibility index (Phi) is 21.3. The van der Waals surface area contributed by atoms with Gasteiger partial charge in [0, 0.05) is 85.9 Å². The second-order valence-electron chi connectivity index (χ2n) is 21.4. The molecule has 456 valence electrons. The number of imide groups is 1. The van der Waals surface area contributed by atoms with Crippen LogP contribution in [0.15, 0.2) is 130 Å². The molecular formula is C57H71N4O19S4+. The number of ether oxygens (including phenoxy) is 4. The molecule has 23 nitrogen and oxygen atoms in total. The number of rotatable bonds is 30. The highest BCUT2D eigenvalue weighted by Crippen LogP contribution is 2.49. The van der Waals surface area contributed by atoms with Gasteiger partial charge in [0.25, 0.3) is 52.3 Å². The van der Waals surface area contributed by atoms with E-state index in [1.54, 1.807) is 33.8 Å². The lowest BCUT2D eigenvalue weighted by molar-refractivity contribution is -0.432. The number of hydrogen-bond acceptors (Lipinski definition) is 16. The first-order chi connectivity index (χ1) is 39.4. The van der Waals surface area contributed by atoms with Crippen LogP contribution in [0.5, 0.6) is 5.75 Å². The van der Waals surface area contributed by atoms with E-state index >= 15 is 0 Å². The number of aryl methyl sites for hydroxylation is 1. The third-order valence-electron chi connectivity index (χ3n) is 14.7. The van der Waals surface area contributed by atoms with Crippen LogP contribution in [-0.2, 0) is 86.3 Å². The van der Waals surface area contributed by atoms with Gasteiger partial charge in [-0.3, -0.25) is 37.5 Å². The SMILES string of the molecule is CC1(C)C(/C=C/C2=C(Oc3ccc(CCC(=O)NCCCOCCOCCOCCCN4C(=O)C=CC4=O)cc3)C(=C/C=C3/N(CCS(=O)(=O)O)c4ccc(S(=O)(=O)O)cc4C3(C)C)/CCC2)=[N+](CCS(=O)(=O)O)c2ccc(S(=O)(=O)O)cc21. The molecule has 3 aliphatic heterocycles. The van der Waals surface area contributed by atoms with E-state index in [4.69, 9.17) is 18.9 Å². The van der Waals surface area contributed by atoms with Crippen LogP contribution in [0.3, 0.4) is 0 Å². The van der Waals surface area contributed by atoms with Crippen LogP contribution >= 0.6 is 0 Å². The highest BCUT2D eigenvalue weighted by molar-refractivity contribution is 7.86. The lowest BCUT2D eigenvalue weighted by Crippen LogP contribution is -2.31. The molecule has 0 unspecified atom stereocenters. The van der Waals surface area contributed by atoms with Crippen molar-refractivity contribution in [2.24, 2.45) is 0 Å². The lowest BCUT2D eigenvalue weighted by atomic mass is 9.81. The molecular weight excluding hydrogens is 1170 g/mol. The number of hydrogen-bond donors (Lipinski definition) is 5. The predicted octanol–water partition coefficient (Wildman–Crippen LogP) is 5.82. The summed E-state index contributed by atoms with van der Waals surface area (Å²) in [5.74, 6) is -1.25. The van der Waals surface area contributed by atoms with Gasteiger partial charge >= 0.3 is 0 Å². The Morgan fingerprint density at radius 3 is 1.88 bits per heavy atom. The van der Waals surface area contributed by atoms with Crippen molar-refractivity contribution in [1.29, 1.82) is 0 Å². The summed E-state index contributed by atoms with van der Waals surface area (Å²) >= 11 is 0. The van der Waals surface area contributed by atoms with E-state index in [2.05, 4.69) is 5.32 Å². The molecule has 3 amide bonds. The molecule has 0 bridgehead atoms. The van der Waals surface area contributed by atoms with Gasteiger partial charge in [-0.15, -0.1) is 0 Å². The summed E-state index contributed by atoms with van der Waals surface area (Å²) in [7, 11) is -18.2. The number of fused-ring (bicyclic) bond motifs is 2. The van der Waals surface area contributed by atoms with Crippen LogP contribution in [0.4, 0.5) is 11.4 Å². The molecule has 4 aliphatic rings. The summed E-state index contributed by atoms with van der Waals surface area (Å²) in [6.07, 6.45) is 13.0. The molecule has 0 aromatic heterocycles. The van der Waals surface area contributed by atoms with E-state index in [9.17, 15) is 66.3 Å². The monoisotopic (exact) mass is 1240 g/mol. The van der Waals surface area contributed by atoms with Crippen LogP contribution in [0.25, 0.3) is 0 Å². The third kappa shape index (κ3) is 17.2. The summed E-state index contributed by atoms with van der Waals surface area (Å²) in [5.41, 5.74) is 3.20. The van der Waals surface area contributed by atoms with E-state index < -0.39 is 62.8 Å². The van der Waals surface area contributed by atoms with Crippen molar-refractivity contribution in [3.05, 3.63) is 136 Å². The van der Waals surface area contributed by atoms with Crippen LogP contribution in [0, 0.1) is 0 Å². The number of nitrogens with one attached hydrogen (secondary N) is 1. The van der Waals surface area contributed by atoms with Crippen molar-refractivity contribution in [1.82, 2.24) is 10.2 Å². The Balaban J connectivity index is 1.06. The number of carbonyl (C=O) groups is 3. The maximum absolute atomic E-state index is 12.8. The zero-order valence-corrected chi connectivity index (χ0v) is 50.3. The van der Waals surface area contributed by atoms with Crippen LogP contribution < -0.4 is 15.0 Å². The fourth-order valence-corrected chi connectivity index (χ4v) is 12.2. The number of allylic oxidation sites excluding steroid dienone is 7. The summed E-state index contributed by atoms with van der Waals surface area (Å²) < 4.78 is 162. The van der Waals surface area contributed by atoms with Crippen LogP contribution in [0.1, 0.15) is 82.9 Å². The normalized spacial score (nSPS) is 18.0. The van der Waals surface area contributed by atoms with Gasteiger partial charge in [0.2, 0.25) is 11.6 Å². The highest BCUT2D eigenvalue weighted by atomic mass is 32.2. The molecule has 3 aromatic carbocycles. The molecule has 27 heteroatoms. The predicted molar refractivity (Wildman–Crippen MR) is 311 cm³/mol. The standard InChI is InChI=1S/C57H70N4O19S4/c1-56(2)46-38-44(83(71,72)73)17-19-48(46)59(28-36-81(65,66)67)50(56)21-13-41-8-5-9-42(14-22-51-57(3,4)47-39-45(84(74,75)76)18-20-49(47)60(51)29-37-82(68,69)70)55(41)80-43-15-10-40(11-16-43)12-23-52(62)58-26-6-30-77-32-34-79-35-33-78-31-7-27-61-53(63)24-25-54(61)64/h10-11,13-22,24-25,38-39H,5-9,12,23,26-37H2,1-4H3,(H4-,58,62,65,66,67,68,69,70,71,72,73,74,75,76)/p+1. The van der Waals surface area contributed by atoms with Gasteiger partial charge in [-0.2, -0.15) is 38.2 Å². The first kappa shape index (κ1) is 65.3. The fraction of sp³-hybridized carbons (Fsp3) is 0.439. The average molecular weight is 1240 g/mol. The molecule has 0 atom stereocenters. The van der Waals surface area contributed by atoms with E-state index in [0.717, 1.165) is 10.5 Å². The Hall–Kier alpha value is -6.24. The maximum atomic E-state index is 12.8. The smallest absolute Gasteiger partial charge is 0.294 e. The maximum Gasteiger partial charge on any atom is 0.294 e. The minimum absolute atomic E-state index is 0.146. The summed E-state index contributed by atoms with van der Waals surface area (Å²) in [4.78, 5) is 38.1. The van der Waals surface area contributed by atoms with Gasteiger partial charge in [0.15, 0.2) is 12.3 Å². The topological polar surface area (TPSA) is 327 Å². The summed E-state index contributed by atoms with van der Waals surface area (Å²) in [6, 6.07) is 15.2. The largest absolute Gasteiger partial charge is 0.457 e. The average Bonchev–Trinajstić information content (AvgIpc) is 1.76. The number of amides is 3. The zero-order valence-electron chi connectivity index (χ0n) is 47.1. The molecule has 84 heavy (non-hydrogen) atoms. The van der Waals surface area contributed by atoms with Crippen molar-refractivity contribution >= 4 is 75.3 Å². The quantitative estimate of drug-likeness (QED) is 0.0227. The molecule has 0 fully saturated rings. The van der Waals surface area contributed by atoms with E-state index in [0.29, 0.717) is 148 Å². The van der Waals surface area contributed by atoms with Gasteiger partial charge in [-0.25, -0.2) is 0 Å². The molecule has 0 saturated heterocycles. The second-order valence-corrected chi connectivity index (χ2v) is 27.4. The van der Waals surface area contributed by atoms with Crippen molar-refractivity contribution < 1.29 is 89.8 Å². The Morgan fingerprint density at radius 2 is 1.26 bits per heavy atom.